The number of rotatable bonds is 0. The molecule has 3 aliphatic carbocycles. The lowest BCUT2D eigenvalue weighted by Crippen LogP contribution is -2.40. The van der Waals surface area contributed by atoms with Crippen molar-refractivity contribution in [3.63, 3.8) is 0 Å². The average molecular weight is 340 g/mol. The van der Waals surface area contributed by atoms with Gasteiger partial charge in [-0.1, -0.05) is 46.4 Å². The van der Waals surface area contributed by atoms with Gasteiger partial charge in [0.15, 0.2) is 0 Å². The zero-order valence-corrected chi connectivity index (χ0v) is 12.8. The Morgan fingerprint density at radius 3 is 2.42 bits per heavy atom. The number of hydrogen-bond donors (Lipinski definition) is 0. The number of carbonyl (C=O) groups excluding carboxylic acids is 1. The van der Waals surface area contributed by atoms with Crippen LogP contribution in [0, 0.1) is 23.7 Å². The van der Waals surface area contributed by atoms with Crippen molar-refractivity contribution >= 4 is 52.4 Å². The fourth-order valence-corrected chi connectivity index (χ4v) is 5.87. The Morgan fingerprint density at radius 1 is 1.11 bits per heavy atom. The van der Waals surface area contributed by atoms with E-state index >= 15 is 0 Å². The number of alkyl halides is 1. The van der Waals surface area contributed by atoms with Crippen LogP contribution < -0.4 is 0 Å². The van der Waals surface area contributed by atoms with Crippen LogP contribution in [0.2, 0.25) is 0 Å². The molecule has 102 valence electrons. The van der Waals surface area contributed by atoms with Crippen molar-refractivity contribution in [3.8, 4) is 0 Å². The Bertz CT molecular complexity index is 567. The summed E-state index contributed by atoms with van der Waals surface area (Å²) < 4.78 is 5.21. The highest BCUT2D eigenvalue weighted by atomic mass is 35.5. The predicted octanol–water partition coefficient (Wildman–Crippen LogP) is 4.34. The summed E-state index contributed by atoms with van der Waals surface area (Å²) in [5.41, 5.74) is 0.646. The van der Waals surface area contributed by atoms with Crippen LogP contribution in [0.25, 0.3) is 0 Å². The zero-order valence-electron chi connectivity index (χ0n) is 9.76. The molecule has 0 aromatic rings. The van der Waals surface area contributed by atoms with Crippen molar-refractivity contribution < 1.29 is 9.53 Å². The van der Waals surface area contributed by atoms with Gasteiger partial charge in [0.05, 0.1) is 5.03 Å². The van der Waals surface area contributed by atoms with E-state index < -0.39 is 11.0 Å². The number of hydrogen-bond acceptors (Lipinski definition) is 2. The molecule has 0 radical (unpaired) electrons. The minimum Gasteiger partial charge on any atom is -0.429 e. The van der Waals surface area contributed by atoms with Gasteiger partial charge in [-0.2, -0.15) is 0 Å². The maximum absolute atomic E-state index is 11.8. The molecule has 0 N–H and O–H groups in total. The average Bonchev–Trinajstić information content (AvgIpc) is 3.01. The third-order valence-corrected chi connectivity index (χ3v) is 6.96. The molecule has 2 saturated carbocycles. The number of fused-ring (bicyclic) bond motifs is 7. The summed E-state index contributed by atoms with van der Waals surface area (Å²) in [4.78, 5) is 11.8. The van der Waals surface area contributed by atoms with Gasteiger partial charge in [-0.25, -0.2) is 4.79 Å². The third-order valence-electron chi connectivity index (χ3n) is 5.03. The van der Waals surface area contributed by atoms with E-state index in [0.717, 1.165) is 19.3 Å². The molecule has 6 heteroatoms. The SMILES string of the molecule is O=C1O[C@@]2(Cl)C(Cl)=C(Cl)[C@@H]3[C@H]4CC[C@H](C4)[C@@H]3C2=C1Cl. The maximum atomic E-state index is 11.8. The van der Waals surface area contributed by atoms with Crippen LogP contribution in [0.5, 0.6) is 0 Å². The molecule has 4 aliphatic rings. The van der Waals surface area contributed by atoms with Gasteiger partial charge >= 0.3 is 5.97 Å². The van der Waals surface area contributed by atoms with Gasteiger partial charge in [0.25, 0.3) is 0 Å². The maximum Gasteiger partial charge on any atom is 0.352 e. The molecule has 19 heavy (non-hydrogen) atoms. The second kappa shape index (κ2) is 3.85. The molecule has 1 aliphatic heterocycles. The number of allylic oxidation sites excluding steroid dienone is 1. The summed E-state index contributed by atoms with van der Waals surface area (Å²) in [7, 11) is 0. The molecule has 1 heterocycles. The van der Waals surface area contributed by atoms with Crippen molar-refractivity contribution in [2.24, 2.45) is 23.7 Å². The Hall–Kier alpha value is 0.110. The van der Waals surface area contributed by atoms with Crippen molar-refractivity contribution in [1.29, 1.82) is 0 Å². The van der Waals surface area contributed by atoms with Crippen LogP contribution in [-0.2, 0) is 9.53 Å². The smallest absolute Gasteiger partial charge is 0.352 e. The van der Waals surface area contributed by atoms with Crippen LogP contribution in [0.4, 0.5) is 0 Å². The summed E-state index contributed by atoms with van der Waals surface area (Å²) in [6, 6.07) is 0. The number of ether oxygens (including phenoxy) is 1. The minimum absolute atomic E-state index is 0.0971. The number of carbonyl (C=O) groups is 1. The molecule has 0 amide bonds. The van der Waals surface area contributed by atoms with E-state index in [0.29, 0.717) is 22.4 Å². The molecule has 0 aromatic heterocycles. The van der Waals surface area contributed by atoms with E-state index in [1.54, 1.807) is 0 Å². The van der Waals surface area contributed by atoms with Crippen LogP contribution >= 0.6 is 46.4 Å². The molecule has 5 atom stereocenters. The summed E-state index contributed by atoms with van der Waals surface area (Å²) in [6.45, 7) is 0. The molecule has 4 rings (SSSR count). The fraction of sp³-hybridized carbons (Fsp3) is 0.615. The normalized spacial score (nSPS) is 47.7. The first kappa shape index (κ1) is 12.8. The first-order valence-electron chi connectivity index (χ1n) is 6.33. The lowest BCUT2D eigenvalue weighted by atomic mass is 9.70. The largest absolute Gasteiger partial charge is 0.429 e. The van der Waals surface area contributed by atoms with Gasteiger partial charge in [0.1, 0.15) is 5.03 Å². The molecular weight excluding hydrogens is 330 g/mol. The Morgan fingerprint density at radius 2 is 1.74 bits per heavy atom. The summed E-state index contributed by atoms with van der Waals surface area (Å²) in [5.74, 6) is 0.649. The van der Waals surface area contributed by atoms with Gasteiger partial charge in [0, 0.05) is 16.5 Å². The minimum atomic E-state index is -1.46. The molecule has 2 bridgehead atoms. The standard InChI is InChI=1S/C13H10Cl4O2/c14-9-7-5-2-1-4(3-5)6(7)8-10(15)12(18)19-13(8,17)11(9)16/h4-7H,1-3H2/t4-,5+,6+,7-,13-/m1/s1. The third kappa shape index (κ3) is 1.39. The first-order chi connectivity index (χ1) is 8.95. The lowest BCUT2D eigenvalue weighted by Gasteiger charge is -2.41. The highest BCUT2D eigenvalue weighted by Gasteiger charge is 2.63. The molecular formula is C13H10Cl4O2. The summed E-state index contributed by atoms with van der Waals surface area (Å²) in [5, 5.41) is -0.598. The van der Waals surface area contributed by atoms with E-state index in [2.05, 4.69) is 0 Å². The second-order valence-electron chi connectivity index (χ2n) is 5.76. The van der Waals surface area contributed by atoms with Gasteiger partial charge in [-0.05, 0) is 37.0 Å². The van der Waals surface area contributed by atoms with Gasteiger partial charge in [0.2, 0.25) is 5.06 Å². The van der Waals surface area contributed by atoms with Crippen molar-refractivity contribution in [2.45, 2.75) is 24.3 Å². The highest BCUT2D eigenvalue weighted by molar-refractivity contribution is 6.49. The van der Waals surface area contributed by atoms with E-state index in [1.807, 2.05) is 0 Å². The van der Waals surface area contributed by atoms with E-state index in [-0.39, 0.29) is 21.9 Å². The Labute approximate surface area is 130 Å². The van der Waals surface area contributed by atoms with E-state index in [4.69, 9.17) is 51.1 Å². The van der Waals surface area contributed by atoms with Crippen LogP contribution in [0.15, 0.2) is 20.7 Å². The highest BCUT2D eigenvalue weighted by Crippen LogP contribution is 2.67. The monoisotopic (exact) mass is 338 g/mol. The Balaban J connectivity index is 1.98. The van der Waals surface area contributed by atoms with Crippen LogP contribution in [0.1, 0.15) is 19.3 Å². The molecule has 0 spiro atoms. The number of esters is 1. The lowest BCUT2D eigenvalue weighted by molar-refractivity contribution is -0.139. The van der Waals surface area contributed by atoms with E-state index in [9.17, 15) is 4.79 Å². The fourth-order valence-electron chi connectivity index (χ4n) is 4.37. The van der Waals surface area contributed by atoms with Gasteiger partial charge in [-0.15, -0.1) is 0 Å². The molecule has 0 unspecified atom stereocenters. The zero-order chi connectivity index (χ0) is 13.5. The van der Waals surface area contributed by atoms with Crippen molar-refractivity contribution in [1.82, 2.24) is 0 Å². The first-order valence-corrected chi connectivity index (χ1v) is 7.84. The molecule has 0 aromatic carbocycles. The van der Waals surface area contributed by atoms with Gasteiger partial charge < -0.3 is 4.74 Å². The Kier molecular flexibility index (Phi) is 2.60. The van der Waals surface area contributed by atoms with E-state index in [1.165, 1.54) is 0 Å². The topological polar surface area (TPSA) is 26.3 Å². The van der Waals surface area contributed by atoms with Crippen molar-refractivity contribution in [3.05, 3.63) is 20.7 Å². The second-order valence-corrected chi connectivity index (χ2v) is 7.45. The quantitative estimate of drug-likeness (QED) is 0.485. The summed E-state index contributed by atoms with van der Waals surface area (Å²) >= 11 is 25.3. The predicted molar refractivity (Wildman–Crippen MR) is 74.1 cm³/mol. The van der Waals surface area contributed by atoms with Crippen molar-refractivity contribution in [2.75, 3.05) is 0 Å². The summed E-state index contributed by atoms with van der Waals surface area (Å²) in [6.07, 6.45) is 3.38. The number of halogens is 4. The van der Waals surface area contributed by atoms with Gasteiger partial charge in [-0.3, -0.25) is 0 Å². The molecule has 2 nitrogen and oxygen atoms in total. The van der Waals surface area contributed by atoms with Crippen LogP contribution in [0.3, 0.4) is 0 Å². The molecule has 0 saturated heterocycles. The molecule has 2 fully saturated rings. The van der Waals surface area contributed by atoms with Crippen LogP contribution in [-0.4, -0.2) is 11.0 Å².